The van der Waals surface area contributed by atoms with Crippen LogP contribution in [-0.4, -0.2) is 9.67 Å². The van der Waals surface area contributed by atoms with Crippen molar-refractivity contribution in [2.45, 2.75) is 13.5 Å². The van der Waals surface area contributed by atoms with Crippen LogP contribution in [0.25, 0.3) is 21.9 Å². The molecule has 6 heteroatoms. The summed E-state index contributed by atoms with van der Waals surface area (Å²) < 4.78 is 6.60. The molecule has 0 aliphatic carbocycles. The molecule has 0 unspecified atom stereocenters. The first kappa shape index (κ1) is 12.7. The number of nitrogens with zero attached hydrogens (tertiary/aromatic N) is 1. The van der Waals surface area contributed by atoms with Gasteiger partial charge in [-0.05, 0) is 25.1 Å². The number of pyridine rings is 1. The molecule has 0 bridgehead atoms. The minimum atomic E-state index is -0.718. The number of rotatable bonds is 1. The second-order valence-electron chi connectivity index (χ2n) is 4.37. The highest BCUT2D eigenvalue weighted by Crippen LogP contribution is 2.28. The summed E-state index contributed by atoms with van der Waals surface area (Å²) in [6.07, 6.45) is 0. The summed E-state index contributed by atoms with van der Waals surface area (Å²) in [5, 5.41) is 10.8. The van der Waals surface area contributed by atoms with Gasteiger partial charge in [0, 0.05) is 17.0 Å². The molecule has 1 aromatic carbocycles. The monoisotopic (exact) mass is 291 g/mol. The Hall–Kier alpha value is -2.27. The van der Waals surface area contributed by atoms with E-state index in [1.165, 1.54) is 4.57 Å². The van der Waals surface area contributed by atoms with Crippen LogP contribution in [-0.2, 0) is 6.54 Å². The molecule has 0 saturated carbocycles. The number of hydrogen-bond acceptors (Lipinski definition) is 4. The van der Waals surface area contributed by atoms with Crippen LogP contribution < -0.4 is 11.2 Å². The van der Waals surface area contributed by atoms with Gasteiger partial charge in [0.25, 0.3) is 5.56 Å². The first-order chi connectivity index (χ1) is 9.52. The molecule has 0 atom stereocenters. The van der Waals surface area contributed by atoms with Gasteiger partial charge in [0.2, 0.25) is 0 Å². The average molecular weight is 292 g/mol. The first-order valence-electron chi connectivity index (χ1n) is 6.02. The van der Waals surface area contributed by atoms with Crippen LogP contribution in [0.15, 0.2) is 38.3 Å². The van der Waals surface area contributed by atoms with E-state index in [4.69, 9.17) is 16.0 Å². The van der Waals surface area contributed by atoms with Gasteiger partial charge in [0.05, 0.1) is 11.6 Å². The summed E-state index contributed by atoms with van der Waals surface area (Å²) in [5.74, 6) is -0.384. The normalized spacial score (nSPS) is 11.3. The van der Waals surface area contributed by atoms with Gasteiger partial charge >= 0.3 is 5.63 Å². The van der Waals surface area contributed by atoms with Gasteiger partial charge in [-0.15, -0.1) is 0 Å². The van der Waals surface area contributed by atoms with Crippen molar-refractivity contribution < 1.29 is 9.52 Å². The van der Waals surface area contributed by atoms with Crippen LogP contribution in [0.2, 0.25) is 5.02 Å². The van der Waals surface area contributed by atoms with Gasteiger partial charge in [-0.2, -0.15) is 0 Å². The molecule has 3 aromatic rings. The first-order valence-corrected chi connectivity index (χ1v) is 6.39. The van der Waals surface area contributed by atoms with Gasteiger partial charge in [-0.25, -0.2) is 4.79 Å². The number of aromatic hydroxyl groups is 1. The summed E-state index contributed by atoms with van der Waals surface area (Å²) in [6.45, 7) is 2.24. The fourth-order valence-corrected chi connectivity index (χ4v) is 2.53. The highest BCUT2D eigenvalue weighted by molar-refractivity contribution is 6.31. The molecule has 20 heavy (non-hydrogen) atoms. The fourth-order valence-electron chi connectivity index (χ4n) is 2.36. The zero-order chi connectivity index (χ0) is 14.4. The number of hydrogen-bond donors (Lipinski definition) is 1. The topological polar surface area (TPSA) is 72.4 Å². The fraction of sp³-hybridized carbons (Fsp3) is 0.143. The largest absolute Gasteiger partial charge is 0.507 e. The molecule has 5 nitrogen and oxygen atoms in total. The van der Waals surface area contributed by atoms with E-state index in [9.17, 15) is 14.7 Å². The number of aryl methyl sites for hydroxylation is 1. The Morgan fingerprint density at radius 3 is 2.75 bits per heavy atom. The van der Waals surface area contributed by atoms with Crippen molar-refractivity contribution in [2.24, 2.45) is 0 Å². The maximum absolute atomic E-state index is 12.4. The van der Waals surface area contributed by atoms with Gasteiger partial charge in [-0.3, -0.25) is 4.79 Å². The number of benzene rings is 1. The van der Waals surface area contributed by atoms with Crippen molar-refractivity contribution in [3.05, 3.63) is 50.1 Å². The maximum atomic E-state index is 12.4. The average Bonchev–Trinajstić information content (AvgIpc) is 2.39. The Balaban J connectivity index is 2.74. The molecule has 0 amide bonds. The van der Waals surface area contributed by atoms with Gasteiger partial charge in [-0.1, -0.05) is 11.6 Å². The van der Waals surface area contributed by atoms with Crippen LogP contribution >= 0.6 is 11.6 Å². The lowest BCUT2D eigenvalue weighted by atomic mass is 10.1. The molecule has 2 aromatic heterocycles. The molecule has 0 spiro atoms. The predicted octanol–water partition coefficient (Wildman–Crippen LogP) is 2.49. The van der Waals surface area contributed by atoms with E-state index in [0.717, 1.165) is 6.07 Å². The van der Waals surface area contributed by atoms with Crippen LogP contribution in [0.3, 0.4) is 0 Å². The van der Waals surface area contributed by atoms with E-state index in [2.05, 4.69) is 0 Å². The van der Waals surface area contributed by atoms with Crippen molar-refractivity contribution in [1.29, 1.82) is 0 Å². The molecular formula is C14H10ClNO4. The van der Waals surface area contributed by atoms with E-state index >= 15 is 0 Å². The van der Waals surface area contributed by atoms with E-state index in [1.807, 2.05) is 6.92 Å². The minimum Gasteiger partial charge on any atom is -0.507 e. The molecule has 0 radical (unpaired) electrons. The summed E-state index contributed by atoms with van der Waals surface area (Å²) >= 11 is 5.96. The van der Waals surface area contributed by atoms with Crippen molar-refractivity contribution in [2.75, 3.05) is 0 Å². The van der Waals surface area contributed by atoms with Crippen LogP contribution in [0.4, 0.5) is 0 Å². The minimum absolute atomic E-state index is 0.0128. The molecular weight excluding hydrogens is 282 g/mol. The van der Waals surface area contributed by atoms with E-state index in [-0.39, 0.29) is 16.7 Å². The van der Waals surface area contributed by atoms with Gasteiger partial charge in [0.15, 0.2) is 5.58 Å². The lowest BCUT2D eigenvalue weighted by molar-refractivity contribution is 0.467. The molecule has 0 aliphatic rings. The third-order valence-corrected chi connectivity index (χ3v) is 3.44. The molecule has 2 heterocycles. The zero-order valence-electron chi connectivity index (χ0n) is 10.5. The third-order valence-electron chi connectivity index (χ3n) is 3.21. The van der Waals surface area contributed by atoms with Crippen LogP contribution in [0.5, 0.6) is 5.75 Å². The van der Waals surface area contributed by atoms with Gasteiger partial charge in [0.1, 0.15) is 11.1 Å². The van der Waals surface area contributed by atoms with E-state index < -0.39 is 11.2 Å². The summed E-state index contributed by atoms with van der Waals surface area (Å²) in [6, 6.07) is 5.83. The van der Waals surface area contributed by atoms with Crippen molar-refractivity contribution in [3.63, 3.8) is 0 Å². The molecule has 3 rings (SSSR count). The molecule has 1 N–H and O–H groups in total. The van der Waals surface area contributed by atoms with E-state index in [1.54, 1.807) is 18.2 Å². The summed E-state index contributed by atoms with van der Waals surface area (Å²) in [4.78, 5) is 23.8. The van der Waals surface area contributed by atoms with Crippen molar-refractivity contribution in [1.82, 2.24) is 4.57 Å². The second-order valence-corrected chi connectivity index (χ2v) is 4.80. The maximum Gasteiger partial charge on any atom is 0.339 e. The molecule has 0 aliphatic heterocycles. The van der Waals surface area contributed by atoms with Crippen molar-refractivity contribution in [3.8, 4) is 5.75 Å². The third kappa shape index (κ3) is 1.71. The number of aromatic nitrogens is 1. The van der Waals surface area contributed by atoms with Crippen molar-refractivity contribution >= 4 is 33.5 Å². The highest BCUT2D eigenvalue weighted by atomic mass is 35.5. The van der Waals surface area contributed by atoms with Crippen LogP contribution in [0.1, 0.15) is 6.92 Å². The van der Waals surface area contributed by atoms with Gasteiger partial charge < -0.3 is 14.1 Å². The van der Waals surface area contributed by atoms with Crippen LogP contribution in [0, 0.1) is 0 Å². The SMILES string of the molecule is CCn1c(=O)c2c(O)cc(=O)oc2c2cc(Cl)ccc21. The number of fused-ring (bicyclic) bond motifs is 3. The zero-order valence-corrected chi connectivity index (χ0v) is 11.3. The van der Waals surface area contributed by atoms with E-state index in [0.29, 0.717) is 22.5 Å². The Labute approximate surface area is 117 Å². The molecule has 0 fully saturated rings. The quantitative estimate of drug-likeness (QED) is 0.699. The smallest absolute Gasteiger partial charge is 0.339 e. The Kier molecular flexibility index (Phi) is 2.79. The summed E-state index contributed by atoms with van der Waals surface area (Å²) in [7, 11) is 0. The standard InChI is InChI=1S/C14H10ClNO4/c1-2-16-9-4-3-7(15)5-8(9)13-12(14(16)19)10(17)6-11(18)20-13/h3-6,17H,2H2,1H3. The number of halogens is 1. The summed E-state index contributed by atoms with van der Waals surface area (Å²) in [5.41, 5.74) is -0.464. The molecule has 102 valence electrons. The Bertz CT molecular complexity index is 955. The lowest BCUT2D eigenvalue weighted by Gasteiger charge is -2.11. The Morgan fingerprint density at radius 1 is 1.30 bits per heavy atom. The molecule has 0 saturated heterocycles. The lowest BCUT2D eigenvalue weighted by Crippen LogP contribution is -2.20. The second kappa shape index (κ2) is 4.38. The predicted molar refractivity (Wildman–Crippen MR) is 76.6 cm³/mol. The Morgan fingerprint density at radius 2 is 2.05 bits per heavy atom. The highest BCUT2D eigenvalue weighted by Gasteiger charge is 2.16.